The van der Waals surface area contributed by atoms with Crippen molar-refractivity contribution < 1.29 is 9.90 Å². The van der Waals surface area contributed by atoms with Gasteiger partial charge in [-0.2, -0.15) is 5.10 Å². The lowest BCUT2D eigenvalue weighted by molar-refractivity contribution is 0.0695. The van der Waals surface area contributed by atoms with Crippen molar-refractivity contribution in [3.8, 4) is 0 Å². The first-order chi connectivity index (χ1) is 9.99. The molecule has 2 fully saturated rings. The smallest absolute Gasteiger partial charge is 0.341 e. The number of anilines is 1. The molecule has 0 aromatic carbocycles. The van der Waals surface area contributed by atoms with E-state index in [0.29, 0.717) is 23.3 Å². The second-order valence-electron chi connectivity index (χ2n) is 6.36. The Balaban J connectivity index is 1.94. The summed E-state index contributed by atoms with van der Waals surface area (Å²) in [5.74, 6) is -0.119. The van der Waals surface area contributed by atoms with Crippen molar-refractivity contribution in [1.29, 1.82) is 0 Å². The van der Waals surface area contributed by atoms with Crippen molar-refractivity contribution in [2.45, 2.75) is 45.2 Å². The van der Waals surface area contributed by atoms with Crippen LogP contribution >= 0.6 is 0 Å². The molecule has 0 saturated carbocycles. The molecule has 0 bridgehead atoms. The first kappa shape index (κ1) is 14.4. The number of piperidine rings is 1. The van der Waals surface area contributed by atoms with Gasteiger partial charge in [-0.1, -0.05) is 6.42 Å². The van der Waals surface area contributed by atoms with Gasteiger partial charge in [-0.3, -0.25) is 9.58 Å². The number of piperazine rings is 1. The van der Waals surface area contributed by atoms with Crippen molar-refractivity contribution in [3.63, 3.8) is 0 Å². The van der Waals surface area contributed by atoms with E-state index in [-0.39, 0.29) is 0 Å². The van der Waals surface area contributed by atoms with Gasteiger partial charge >= 0.3 is 5.97 Å². The third kappa shape index (κ3) is 2.41. The number of carboxylic acid groups (broad SMARTS) is 1. The normalized spacial score (nSPS) is 26.7. The highest BCUT2D eigenvalue weighted by atomic mass is 16.4. The lowest BCUT2D eigenvalue weighted by Crippen LogP contribution is -2.59. The molecule has 21 heavy (non-hydrogen) atoms. The number of aromatic nitrogens is 2. The van der Waals surface area contributed by atoms with Crippen LogP contribution in [0, 0.1) is 6.92 Å². The number of aromatic carboxylic acids is 1. The van der Waals surface area contributed by atoms with E-state index in [9.17, 15) is 9.90 Å². The van der Waals surface area contributed by atoms with Crippen molar-refractivity contribution >= 4 is 11.8 Å². The number of fused-ring (bicyclic) bond motifs is 1. The maximum Gasteiger partial charge on any atom is 0.341 e. The number of carboxylic acids is 1. The average Bonchev–Trinajstić information content (AvgIpc) is 2.72. The highest BCUT2D eigenvalue weighted by Crippen LogP contribution is 2.31. The Hall–Kier alpha value is -1.56. The molecule has 1 N–H and O–H groups in total. The number of hydrogen-bond acceptors (Lipinski definition) is 4. The van der Waals surface area contributed by atoms with E-state index in [2.05, 4.69) is 21.8 Å². The summed E-state index contributed by atoms with van der Waals surface area (Å²) < 4.78 is 1.73. The first-order valence-corrected chi connectivity index (χ1v) is 7.76. The van der Waals surface area contributed by atoms with E-state index in [1.807, 2.05) is 7.05 Å². The molecule has 3 rings (SSSR count). The van der Waals surface area contributed by atoms with E-state index < -0.39 is 5.97 Å². The molecule has 116 valence electrons. The average molecular weight is 292 g/mol. The van der Waals surface area contributed by atoms with Crippen LogP contribution in [0.1, 0.15) is 42.2 Å². The first-order valence-electron chi connectivity index (χ1n) is 7.76. The van der Waals surface area contributed by atoms with Gasteiger partial charge in [-0.05, 0) is 33.2 Å². The summed E-state index contributed by atoms with van der Waals surface area (Å²) in [6, 6.07) is 0.860. The molecule has 0 radical (unpaired) electrons. The van der Waals surface area contributed by atoms with Gasteiger partial charge in [0.25, 0.3) is 0 Å². The Morgan fingerprint density at radius 2 is 2.10 bits per heavy atom. The molecular formula is C15H24N4O2. The van der Waals surface area contributed by atoms with E-state index >= 15 is 0 Å². The van der Waals surface area contributed by atoms with Gasteiger partial charge in [0.15, 0.2) is 0 Å². The second-order valence-corrected chi connectivity index (χ2v) is 6.36. The monoisotopic (exact) mass is 292 g/mol. The number of hydrogen-bond donors (Lipinski definition) is 1. The van der Waals surface area contributed by atoms with Crippen LogP contribution in [0.15, 0.2) is 0 Å². The third-order valence-electron chi connectivity index (χ3n) is 4.87. The molecule has 0 amide bonds. The van der Waals surface area contributed by atoms with Gasteiger partial charge in [0, 0.05) is 32.2 Å². The summed E-state index contributed by atoms with van der Waals surface area (Å²) in [4.78, 5) is 16.4. The minimum Gasteiger partial charge on any atom is -0.477 e. The van der Waals surface area contributed by atoms with Crippen LogP contribution in [0.25, 0.3) is 0 Å². The Kier molecular flexibility index (Phi) is 3.65. The van der Waals surface area contributed by atoms with Crippen LogP contribution < -0.4 is 4.90 Å². The molecule has 3 heterocycles. The van der Waals surface area contributed by atoms with Crippen LogP contribution in [0.5, 0.6) is 0 Å². The number of nitrogens with zero attached hydrogens (tertiary/aromatic N) is 4. The number of rotatable bonds is 2. The summed E-state index contributed by atoms with van der Waals surface area (Å²) in [6.45, 7) is 7.04. The Bertz CT molecular complexity index is 554. The van der Waals surface area contributed by atoms with Gasteiger partial charge in [-0.25, -0.2) is 4.79 Å². The van der Waals surface area contributed by atoms with E-state index in [1.54, 1.807) is 11.6 Å². The summed E-state index contributed by atoms with van der Waals surface area (Å²) in [5, 5.41) is 13.8. The number of carbonyl (C=O) groups is 1. The zero-order chi connectivity index (χ0) is 15.1. The topological polar surface area (TPSA) is 61.6 Å². The molecule has 1 aromatic heterocycles. The minimum atomic E-state index is -0.881. The van der Waals surface area contributed by atoms with Crippen LogP contribution in [-0.4, -0.2) is 57.5 Å². The lowest BCUT2D eigenvalue weighted by Gasteiger charge is -2.48. The van der Waals surface area contributed by atoms with E-state index in [4.69, 9.17) is 0 Å². The molecule has 2 atom stereocenters. The standard InChI is InChI=1S/C15H24N4O2/c1-10-8-18-7-5-4-6-12(18)9-19(10)14-13(15(20)21)11(2)16-17(14)3/h10,12H,4-9H2,1-3H3,(H,20,21). The Morgan fingerprint density at radius 3 is 2.81 bits per heavy atom. The third-order valence-corrected chi connectivity index (χ3v) is 4.87. The summed E-state index contributed by atoms with van der Waals surface area (Å²) >= 11 is 0. The Labute approximate surface area is 125 Å². The SMILES string of the molecule is Cc1nn(C)c(N2CC3CCCCN3CC2C)c1C(=O)O. The maximum atomic E-state index is 11.6. The van der Waals surface area contributed by atoms with E-state index in [1.165, 1.54) is 25.8 Å². The summed E-state index contributed by atoms with van der Waals surface area (Å²) in [6.07, 6.45) is 3.77. The summed E-state index contributed by atoms with van der Waals surface area (Å²) in [5.41, 5.74) is 0.951. The molecular weight excluding hydrogens is 268 g/mol. The van der Waals surface area contributed by atoms with Crippen LogP contribution in [0.3, 0.4) is 0 Å². The van der Waals surface area contributed by atoms with Gasteiger partial charge < -0.3 is 10.0 Å². The van der Waals surface area contributed by atoms with Crippen LogP contribution in [0.4, 0.5) is 5.82 Å². The highest BCUT2D eigenvalue weighted by molar-refractivity contribution is 5.95. The quantitative estimate of drug-likeness (QED) is 0.895. The zero-order valence-corrected chi connectivity index (χ0v) is 13.0. The molecule has 6 heteroatoms. The van der Waals surface area contributed by atoms with Crippen molar-refractivity contribution in [1.82, 2.24) is 14.7 Å². The van der Waals surface area contributed by atoms with Crippen LogP contribution in [-0.2, 0) is 7.05 Å². The maximum absolute atomic E-state index is 11.6. The van der Waals surface area contributed by atoms with Crippen molar-refractivity contribution in [2.75, 3.05) is 24.5 Å². The minimum absolute atomic E-state index is 0.312. The molecule has 1 aromatic rings. The fraction of sp³-hybridized carbons (Fsp3) is 0.733. The Morgan fingerprint density at radius 1 is 1.33 bits per heavy atom. The van der Waals surface area contributed by atoms with Gasteiger partial charge in [0.2, 0.25) is 0 Å². The fourth-order valence-electron chi connectivity index (χ4n) is 3.87. The zero-order valence-electron chi connectivity index (χ0n) is 13.0. The molecule has 2 aliphatic heterocycles. The lowest BCUT2D eigenvalue weighted by atomic mass is 9.97. The van der Waals surface area contributed by atoms with Crippen LogP contribution in [0.2, 0.25) is 0 Å². The van der Waals surface area contributed by atoms with Gasteiger partial charge in [-0.15, -0.1) is 0 Å². The summed E-state index contributed by atoms with van der Waals surface area (Å²) in [7, 11) is 1.84. The highest BCUT2D eigenvalue weighted by Gasteiger charge is 2.36. The van der Waals surface area contributed by atoms with Crippen molar-refractivity contribution in [3.05, 3.63) is 11.3 Å². The van der Waals surface area contributed by atoms with E-state index in [0.717, 1.165) is 18.9 Å². The molecule has 0 aliphatic carbocycles. The molecule has 0 spiro atoms. The van der Waals surface area contributed by atoms with Gasteiger partial charge in [0.1, 0.15) is 11.4 Å². The second kappa shape index (κ2) is 5.33. The molecule has 2 aliphatic rings. The molecule has 6 nitrogen and oxygen atoms in total. The fourth-order valence-corrected chi connectivity index (χ4v) is 3.87. The van der Waals surface area contributed by atoms with Gasteiger partial charge in [0.05, 0.1) is 5.69 Å². The molecule has 2 saturated heterocycles. The van der Waals surface area contributed by atoms with Crippen molar-refractivity contribution in [2.24, 2.45) is 7.05 Å². The predicted octanol–water partition coefficient (Wildman–Crippen LogP) is 1.49. The number of aryl methyl sites for hydroxylation is 2. The predicted molar refractivity (Wildman–Crippen MR) is 80.9 cm³/mol. The largest absolute Gasteiger partial charge is 0.477 e. The molecule has 2 unspecified atom stereocenters.